The Kier molecular flexibility index (Phi) is 5.93. The lowest BCUT2D eigenvalue weighted by Gasteiger charge is -2.59. The van der Waals surface area contributed by atoms with Gasteiger partial charge in [-0.2, -0.15) is 0 Å². The van der Waals surface area contributed by atoms with Crippen molar-refractivity contribution >= 4 is 11.9 Å². The Morgan fingerprint density at radius 2 is 1.59 bits per heavy atom. The molecule has 3 heterocycles. The van der Waals surface area contributed by atoms with Gasteiger partial charge in [0, 0.05) is 54.3 Å². The van der Waals surface area contributed by atoms with Gasteiger partial charge in [0.05, 0.1) is 7.11 Å². The number of fused-ring (bicyclic) bond motifs is 2. The fourth-order valence-corrected chi connectivity index (χ4v) is 8.79. The monoisotopic (exact) mass is 531 g/mol. The molecule has 3 amide bonds. The van der Waals surface area contributed by atoms with E-state index in [1.54, 1.807) is 19.5 Å². The second-order valence-corrected chi connectivity index (χ2v) is 12.6. The van der Waals surface area contributed by atoms with E-state index in [1.807, 2.05) is 24.3 Å². The molecule has 7 atom stereocenters. The molecule has 206 valence electrons. The number of aromatic nitrogens is 2. The van der Waals surface area contributed by atoms with E-state index < -0.39 is 0 Å². The molecular weight excluding hydrogens is 494 g/mol. The minimum atomic E-state index is -0.332. The molecule has 0 spiro atoms. The first kappa shape index (κ1) is 24.7. The number of nitrogens with one attached hydrogen (secondary N) is 1. The summed E-state index contributed by atoms with van der Waals surface area (Å²) >= 11 is 0. The average molecular weight is 532 g/mol. The summed E-state index contributed by atoms with van der Waals surface area (Å²) in [6, 6.07) is 8.73. The fraction of sp³-hybridized carbons (Fsp3) is 0.600. The molecule has 39 heavy (non-hydrogen) atoms. The molecule has 3 N–H and O–H groups in total. The lowest BCUT2D eigenvalue weighted by atomic mass is 9.47. The molecule has 9 nitrogen and oxygen atoms in total. The van der Waals surface area contributed by atoms with Crippen LogP contribution in [-0.4, -0.2) is 58.1 Å². The number of methoxy groups -OCH3 is 1. The smallest absolute Gasteiger partial charge is 0.318 e. The Hall–Kier alpha value is -3.36. The van der Waals surface area contributed by atoms with Gasteiger partial charge in [-0.1, -0.05) is 12.1 Å². The Labute approximate surface area is 228 Å². The van der Waals surface area contributed by atoms with Crippen LogP contribution >= 0.6 is 0 Å². The average Bonchev–Trinajstić information content (AvgIpc) is 3.21. The first-order chi connectivity index (χ1) is 18.9. The van der Waals surface area contributed by atoms with Crippen LogP contribution in [0.4, 0.5) is 4.79 Å². The molecule has 4 aliphatic carbocycles. The van der Waals surface area contributed by atoms with Crippen molar-refractivity contribution in [2.75, 3.05) is 7.11 Å². The number of primary amides is 1. The zero-order valence-corrected chi connectivity index (χ0v) is 22.4. The summed E-state index contributed by atoms with van der Waals surface area (Å²) in [6.07, 6.45) is 12.0. The number of piperidine rings is 1. The van der Waals surface area contributed by atoms with Crippen LogP contribution in [-0.2, 0) is 4.79 Å². The first-order valence-electron chi connectivity index (χ1n) is 14.4. The molecule has 1 aromatic heterocycles. The minimum Gasteiger partial charge on any atom is -0.497 e. The van der Waals surface area contributed by atoms with Crippen LogP contribution in [0.15, 0.2) is 36.7 Å². The maximum atomic E-state index is 13.6. The van der Waals surface area contributed by atoms with Crippen LogP contribution in [0, 0.1) is 23.2 Å². The van der Waals surface area contributed by atoms with E-state index >= 15 is 0 Å². The third-order valence-electron chi connectivity index (χ3n) is 10.3. The van der Waals surface area contributed by atoms with Gasteiger partial charge in [-0.05, 0) is 80.4 Å². The SMILES string of the molecule is COc1ccc(-c2cnc(OC3CC4CCC(C3)N4C(=O)NC3[C@@H]4CC5C[C@H]3CC(C(N)=O)(C5)C4)nc2)cc1. The second-order valence-electron chi connectivity index (χ2n) is 12.6. The van der Waals surface area contributed by atoms with Crippen LogP contribution in [0.3, 0.4) is 0 Å². The van der Waals surface area contributed by atoms with Crippen LogP contribution in [0.5, 0.6) is 11.8 Å². The molecule has 2 saturated heterocycles. The molecule has 4 saturated carbocycles. The molecule has 6 fully saturated rings. The third-order valence-corrected chi connectivity index (χ3v) is 10.3. The topological polar surface area (TPSA) is 120 Å². The normalized spacial score (nSPS) is 36.0. The van der Waals surface area contributed by atoms with Crippen LogP contribution in [0.1, 0.15) is 57.8 Å². The van der Waals surface area contributed by atoms with Crippen molar-refractivity contribution in [3.63, 3.8) is 0 Å². The highest BCUT2D eigenvalue weighted by Gasteiger charge is 2.58. The molecule has 6 aliphatic rings. The fourth-order valence-electron chi connectivity index (χ4n) is 8.79. The molecule has 9 heteroatoms. The summed E-state index contributed by atoms with van der Waals surface area (Å²) in [5, 5.41) is 3.44. The maximum absolute atomic E-state index is 13.6. The van der Waals surface area contributed by atoms with Gasteiger partial charge in [-0.25, -0.2) is 14.8 Å². The third kappa shape index (κ3) is 4.30. The van der Waals surface area contributed by atoms with E-state index in [0.29, 0.717) is 23.8 Å². The lowest BCUT2D eigenvalue weighted by Crippen LogP contribution is -2.64. The highest BCUT2D eigenvalue weighted by Crippen LogP contribution is 2.60. The molecule has 1 aromatic carbocycles. The van der Waals surface area contributed by atoms with Gasteiger partial charge in [0.15, 0.2) is 0 Å². The van der Waals surface area contributed by atoms with Crippen molar-refractivity contribution in [2.45, 2.75) is 82.0 Å². The van der Waals surface area contributed by atoms with Crippen molar-refractivity contribution < 1.29 is 19.1 Å². The number of rotatable bonds is 6. The summed E-state index contributed by atoms with van der Waals surface area (Å²) in [7, 11) is 1.65. The van der Waals surface area contributed by atoms with Gasteiger partial charge in [-0.3, -0.25) is 4.79 Å². The second kappa shape index (κ2) is 9.38. The van der Waals surface area contributed by atoms with Crippen molar-refractivity contribution in [3.05, 3.63) is 36.7 Å². The first-order valence-corrected chi connectivity index (χ1v) is 14.4. The molecular formula is C30H37N5O4. The number of nitrogens with two attached hydrogens (primary N) is 1. The number of benzene rings is 1. The zero-order chi connectivity index (χ0) is 26.7. The quantitative estimate of drug-likeness (QED) is 0.583. The van der Waals surface area contributed by atoms with Gasteiger partial charge in [0.25, 0.3) is 0 Å². The maximum Gasteiger partial charge on any atom is 0.318 e. The Bertz CT molecular complexity index is 1220. The number of hydrogen-bond donors (Lipinski definition) is 2. The molecule has 8 rings (SSSR count). The van der Waals surface area contributed by atoms with Gasteiger partial charge in [0.2, 0.25) is 5.91 Å². The summed E-state index contributed by atoms with van der Waals surface area (Å²) in [4.78, 5) is 36.9. The zero-order valence-electron chi connectivity index (χ0n) is 22.4. The molecule has 5 unspecified atom stereocenters. The summed E-state index contributed by atoms with van der Waals surface area (Å²) in [5.41, 5.74) is 7.46. The number of carbonyl (C=O) groups excluding carboxylic acids is 2. The number of ether oxygens (including phenoxy) is 2. The molecule has 0 radical (unpaired) electrons. The van der Waals surface area contributed by atoms with Crippen molar-refractivity contribution in [2.24, 2.45) is 28.9 Å². The van der Waals surface area contributed by atoms with E-state index in [-0.39, 0.29) is 41.6 Å². The number of amides is 3. The van der Waals surface area contributed by atoms with E-state index in [2.05, 4.69) is 20.2 Å². The van der Waals surface area contributed by atoms with E-state index in [4.69, 9.17) is 15.2 Å². The van der Waals surface area contributed by atoms with E-state index in [0.717, 1.165) is 74.7 Å². The molecule has 2 aliphatic heterocycles. The van der Waals surface area contributed by atoms with Gasteiger partial charge in [-0.15, -0.1) is 0 Å². The molecule has 6 bridgehead atoms. The van der Waals surface area contributed by atoms with Crippen LogP contribution in [0.2, 0.25) is 0 Å². The van der Waals surface area contributed by atoms with Crippen LogP contribution < -0.4 is 20.5 Å². The van der Waals surface area contributed by atoms with Crippen LogP contribution in [0.25, 0.3) is 11.1 Å². The number of hydrogen-bond acceptors (Lipinski definition) is 6. The predicted molar refractivity (Wildman–Crippen MR) is 144 cm³/mol. The molecule has 2 aromatic rings. The number of urea groups is 1. The highest BCUT2D eigenvalue weighted by atomic mass is 16.5. The van der Waals surface area contributed by atoms with Crippen molar-refractivity contribution in [1.82, 2.24) is 20.2 Å². The minimum absolute atomic E-state index is 0.00464. The van der Waals surface area contributed by atoms with Gasteiger partial charge < -0.3 is 25.4 Å². The largest absolute Gasteiger partial charge is 0.497 e. The van der Waals surface area contributed by atoms with Gasteiger partial charge >= 0.3 is 12.0 Å². The Morgan fingerprint density at radius 3 is 2.18 bits per heavy atom. The predicted octanol–water partition coefficient (Wildman–Crippen LogP) is 3.92. The highest BCUT2D eigenvalue weighted by molar-refractivity contribution is 5.81. The Morgan fingerprint density at radius 1 is 0.949 bits per heavy atom. The number of nitrogens with zero attached hydrogens (tertiary/aromatic N) is 3. The number of carbonyl (C=O) groups is 2. The van der Waals surface area contributed by atoms with Crippen molar-refractivity contribution in [1.29, 1.82) is 0 Å². The van der Waals surface area contributed by atoms with E-state index in [1.165, 1.54) is 0 Å². The summed E-state index contributed by atoms with van der Waals surface area (Å²) < 4.78 is 11.4. The Balaban J connectivity index is 0.968. The standard InChI is InChI=1S/C30H37N5O4/c1-38-24-6-2-18(3-7-24)21-15-32-28(33-16-21)39-25-10-22-4-5-23(11-25)35(22)29(37)34-26-19-8-17-9-20(26)14-30(12-17,13-19)27(31)36/h2-3,6-7,15-17,19-20,22-23,25-26H,4-5,8-14H2,1H3,(H2,31,36)(H,34,37)/t17?,19-,20+,22?,23?,25?,26?,30?. The van der Waals surface area contributed by atoms with E-state index in [9.17, 15) is 9.59 Å². The lowest BCUT2D eigenvalue weighted by molar-refractivity contribution is -0.145. The van der Waals surface area contributed by atoms with Crippen molar-refractivity contribution in [3.8, 4) is 22.9 Å². The summed E-state index contributed by atoms with van der Waals surface area (Å²) in [5.74, 6) is 1.99. The summed E-state index contributed by atoms with van der Waals surface area (Å²) in [6.45, 7) is 0. The van der Waals surface area contributed by atoms with Gasteiger partial charge in [0.1, 0.15) is 11.9 Å².